The van der Waals surface area contributed by atoms with Gasteiger partial charge in [-0.1, -0.05) is 0 Å². The fourth-order valence-electron chi connectivity index (χ4n) is 2.21. The number of H-pyrrole nitrogens is 1. The molecule has 1 N–H and O–H groups in total. The Balaban J connectivity index is 2.17. The molecule has 0 amide bonds. The van der Waals surface area contributed by atoms with Crippen LogP contribution in [0.4, 0.5) is 0 Å². The lowest BCUT2D eigenvalue weighted by Crippen LogP contribution is -2.32. The molecule has 9 heteroatoms. The molecule has 1 aromatic heterocycles. The van der Waals surface area contributed by atoms with E-state index in [9.17, 15) is 19.2 Å². The Kier molecular flexibility index (Phi) is 4.76. The highest BCUT2D eigenvalue weighted by Gasteiger charge is 2.39. The van der Waals surface area contributed by atoms with Crippen LogP contribution >= 0.6 is 0 Å². The lowest BCUT2D eigenvalue weighted by Gasteiger charge is -2.17. The number of nitrogens with zero attached hydrogens (tertiary/aromatic N) is 1. The molecule has 0 radical (unpaired) electrons. The summed E-state index contributed by atoms with van der Waals surface area (Å²) in [6.07, 6.45) is -0.561. The van der Waals surface area contributed by atoms with Crippen molar-refractivity contribution in [3.63, 3.8) is 0 Å². The second-order valence-electron chi connectivity index (χ2n) is 4.83. The van der Waals surface area contributed by atoms with Gasteiger partial charge in [-0.15, -0.1) is 0 Å². The lowest BCUT2D eigenvalue weighted by atomic mass is 10.2. The molecule has 1 saturated heterocycles. The van der Waals surface area contributed by atoms with E-state index in [4.69, 9.17) is 14.2 Å². The molecular weight excluding hydrogens is 296 g/mol. The zero-order valence-corrected chi connectivity index (χ0v) is 12.1. The Hall–Kier alpha value is -2.42. The van der Waals surface area contributed by atoms with Crippen LogP contribution in [0.5, 0.6) is 0 Å². The summed E-state index contributed by atoms with van der Waals surface area (Å²) in [4.78, 5) is 47.0. The van der Waals surface area contributed by atoms with Crippen LogP contribution in [-0.2, 0) is 23.8 Å². The van der Waals surface area contributed by atoms with Crippen LogP contribution in [0.15, 0.2) is 21.9 Å². The number of carbonyl (C=O) groups is 2. The number of esters is 2. The molecular formula is C13H16N2O7. The van der Waals surface area contributed by atoms with Crippen LogP contribution in [0.1, 0.15) is 26.5 Å². The molecule has 1 aliphatic heterocycles. The number of nitrogens with one attached hydrogen (secondary N) is 1. The summed E-state index contributed by atoms with van der Waals surface area (Å²) in [5, 5.41) is 0. The van der Waals surface area contributed by atoms with Gasteiger partial charge < -0.3 is 14.2 Å². The lowest BCUT2D eigenvalue weighted by molar-refractivity contribution is -0.155. The highest BCUT2D eigenvalue weighted by Crippen LogP contribution is 2.30. The molecule has 2 rings (SSSR count). The third-order valence-electron chi connectivity index (χ3n) is 3.11. The van der Waals surface area contributed by atoms with Crippen LogP contribution in [0, 0.1) is 0 Å². The van der Waals surface area contributed by atoms with Gasteiger partial charge in [0.25, 0.3) is 5.56 Å². The minimum Gasteiger partial charge on any atom is -0.463 e. The first-order valence-electron chi connectivity index (χ1n) is 6.64. The topological polar surface area (TPSA) is 117 Å². The predicted octanol–water partition coefficient (Wildman–Crippen LogP) is -0.681. The highest BCUT2D eigenvalue weighted by atomic mass is 16.6. The van der Waals surface area contributed by atoms with Crippen LogP contribution in [-0.4, -0.2) is 40.3 Å². The Morgan fingerprint density at radius 1 is 1.36 bits per heavy atom. The smallest absolute Gasteiger partial charge is 0.330 e. The monoisotopic (exact) mass is 312 g/mol. The van der Waals surface area contributed by atoms with Crippen molar-refractivity contribution in [2.24, 2.45) is 0 Å². The van der Waals surface area contributed by atoms with Gasteiger partial charge in [0.15, 0.2) is 0 Å². The number of aromatic amines is 1. The molecule has 22 heavy (non-hydrogen) atoms. The van der Waals surface area contributed by atoms with E-state index in [0.29, 0.717) is 0 Å². The van der Waals surface area contributed by atoms with E-state index >= 15 is 0 Å². The number of hydrogen-bond acceptors (Lipinski definition) is 7. The molecule has 3 atom stereocenters. The van der Waals surface area contributed by atoms with Gasteiger partial charge in [0.05, 0.1) is 0 Å². The van der Waals surface area contributed by atoms with E-state index in [-0.39, 0.29) is 13.0 Å². The summed E-state index contributed by atoms with van der Waals surface area (Å²) in [6.45, 7) is 2.41. The van der Waals surface area contributed by atoms with E-state index in [1.54, 1.807) is 0 Å². The van der Waals surface area contributed by atoms with Crippen molar-refractivity contribution in [3.8, 4) is 0 Å². The summed E-state index contributed by atoms with van der Waals surface area (Å²) in [5.74, 6) is -0.995. The van der Waals surface area contributed by atoms with Crippen molar-refractivity contribution in [3.05, 3.63) is 33.1 Å². The largest absolute Gasteiger partial charge is 0.463 e. The third-order valence-corrected chi connectivity index (χ3v) is 3.11. The fourth-order valence-corrected chi connectivity index (χ4v) is 2.21. The Morgan fingerprint density at radius 3 is 2.68 bits per heavy atom. The van der Waals surface area contributed by atoms with Gasteiger partial charge in [0.1, 0.15) is 25.0 Å². The molecule has 1 aromatic rings. The zero-order valence-electron chi connectivity index (χ0n) is 12.1. The van der Waals surface area contributed by atoms with Crippen molar-refractivity contribution < 1.29 is 23.8 Å². The second-order valence-corrected chi connectivity index (χ2v) is 4.83. The molecule has 0 aromatic carbocycles. The van der Waals surface area contributed by atoms with Gasteiger partial charge in [-0.3, -0.25) is 23.9 Å². The normalized spacial score (nSPS) is 24.0. The van der Waals surface area contributed by atoms with Gasteiger partial charge in [0, 0.05) is 32.5 Å². The average Bonchev–Trinajstić information content (AvgIpc) is 2.78. The maximum absolute atomic E-state index is 11.8. The van der Waals surface area contributed by atoms with Crippen LogP contribution < -0.4 is 11.2 Å². The summed E-state index contributed by atoms with van der Waals surface area (Å²) in [6, 6.07) is 1.19. The predicted molar refractivity (Wildman–Crippen MR) is 72.0 cm³/mol. The SMILES string of the molecule is CC(=O)OCC1OC(n2ccc(=O)[nH]c2=O)CC1OC(C)=O. The van der Waals surface area contributed by atoms with E-state index in [2.05, 4.69) is 4.98 Å². The van der Waals surface area contributed by atoms with Crippen molar-refractivity contribution in [2.75, 3.05) is 6.61 Å². The van der Waals surface area contributed by atoms with Crippen LogP contribution in [0.2, 0.25) is 0 Å². The van der Waals surface area contributed by atoms with Gasteiger partial charge >= 0.3 is 17.6 Å². The van der Waals surface area contributed by atoms with Gasteiger partial charge in [-0.05, 0) is 0 Å². The standard InChI is InChI=1S/C13H16N2O7/c1-7(16)20-6-10-9(21-8(2)17)5-12(22-10)15-4-3-11(18)14-13(15)19/h3-4,9-10,12H,5-6H2,1-2H3,(H,14,18,19). The number of hydrogen-bond donors (Lipinski definition) is 1. The quantitative estimate of drug-likeness (QED) is 0.732. The highest BCUT2D eigenvalue weighted by molar-refractivity contribution is 5.66. The van der Waals surface area contributed by atoms with Crippen molar-refractivity contribution >= 4 is 11.9 Å². The molecule has 3 unspecified atom stereocenters. The first-order chi connectivity index (χ1) is 10.4. The molecule has 0 bridgehead atoms. The molecule has 0 spiro atoms. The summed E-state index contributed by atoms with van der Waals surface area (Å²) < 4.78 is 16.8. The van der Waals surface area contributed by atoms with Gasteiger partial charge in [-0.25, -0.2) is 4.79 Å². The molecule has 1 aliphatic rings. The third kappa shape index (κ3) is 3.82. The second kappa shape index (κ2) is 6.56. The number of aromatic nitrogens is 2. The Labute approximate surface area is 124 Å². The summed E-state index contributed by atoms with van der Waals surface area (Å²) in [7, 11) is 0. The average molecular weight is 312 g/mol. The fraction of sp³-hybridized carbons (Fsp3) is 0.538. The molecule has 2 heterocycles. The van der Waals surface area contributed by atoms with Crippen LogP contribution in [0.3, 0.4) is 0 Å². The molecule has 9 nitrogen and oxygen atoms in total. The zero-order chi connectivity index (χ0) is 16.3. The van der Waals surface area contributed by atoms with Crippen molar-refractivity contribution in [1.82, 2.24) is 9.55 Å². The number of carbonyl (C=O) groups excluding carboxylic acids is 2. The number of rotatable bonds is 4. The maximum Gasteiger partial charge on any atom is 0.330 e. The summed E-state index contributed by atoms with van der Waals surface area (Å²) >= 11 is 0. The number of ether oxygens (including phenoxy) is 3. The van der Waals surface area contributed by atoms with E-state index in [1.807, 2.05) is 0 Å². The molecule has 0 aliphatic carbocycles. The summed E-state index contributed by atoms with van der Waals surface area (Å²) in [5.41, 5.74) is -1.15. The first-order valence-corrected chi connectivity index (χ1v) is 6.64. The van der Waals surface area contributed by atoms with Crippen molar-refractivity contribution in [1.29, 1.82) is 0 Å². The molecule has 0 saturated carbocycles. The van der Waals surface area contributed by atoms with Crippen molar-refractivity contribution in [2.45, 2.75) is 38.7 Å². The van der Waals surface area contributed by atoms with E-state index in [0.717, 1.165) is 0 Å². The Morgan fingerprint density at radius 2 is 2.09 bits per heavy atom. The van der Waals surface area contributed by atoms with Crippen LogP contribution in [0.25, 0.3) is 0 Å². The Bertz CT molecular complexity index is 677. The molecule has 1 fully saturated rings. The minimum atomic E-state index is -0.728. The molecule has 120 valence electrons. The maximum atomic E-state index is 11.8. The minimum absolute atomic E-state index is 0.0954. The van der Waals surface area contributed by atoms with E-state index < -0.39 is 41.6 Å². The van der Waals surface area contributed by atoms with E-state index in [1.165, 1.54) is 30.7 Å². The van der Waals surface area contributed by atoms with Gasteiger partial charge in [-0.2, -0.15) is 0 Å². The van der Waals surface area contributed by atoms with Gasteiger partial charge in [0.2, 0.25) is 0 Å². The first kappa shape index (κ1) is 16.0.